The molecular weight excluding hydrogens is 622 g/mol. The number of morpholine rings is 1. The van der Waals surface area contributed by atoms with Crippen LogP contribution in [0.3, 0.4) is 0 Å². The lowest BCUT2D eigenvalue weighted by atomic mass is 9.84. The molecule has 0 spiro atoms. The Hall–Kier alpha value is -4.72. The largest absolute Gasteiger partial charge is 0.491 e. The van der Waals surface area contributed by atoms with Gasteiger partial charge < -0.3 is 30.2 Å². The number of carbonyl (C=O) groups excluding carboxylic acids is 2. The van der Waals surface area contributed by atoms with Gasteiger partial charge in [0.1, 0.15) is 30.3 Å². The summed E-state index contributed by atoms with van der Waals surface area (Å²) in [5.74, 6) is 0.0636. The number of nitrogens with zero attached hydrogens (tertiary/aromatic N) is 1. The third-order valence-corrected chi connectivity index (χ3v) is 9.04. The number of aryl methyl sites for hydroxylation is 1. The minimum absolute atomic E-state index is 0.113. The van der Waals surface area contributed by atoms with Gasteiger partial charge >= 0.3 is 6.09 Å². The standard InChI is InChI=1S/C34H39N5O7S/c1-44-34(41)37-31(30(23-9-5-3-6-10-23)24-11-7-4-8-12-24)33(40)38-32-25(19-36-39-32)13-14-27-20-35-21-28(46-27)22-45-26-15-17-29(18-16-26)47(2,42)43/h3-12,15-19,27-28,30-31,35H,13-14,20-22H2,1-2H3,(H,37,41)(H2,36,38,39,40)/t27-,28+,31?/m1/s1. The molecule has 4 N–H and O–H groups in total. The van der Waals surface area contributed by atoms with Gasteiger partial charge in [-0.25, -0.2) is 13.2 Å². The van der Waals surface area contributed by atoms with Gasteiger partial charge in [-0.3, -0.25) is 9.89 Å². The first-order valence-corrected chi connectivity index (χ1v) is 17.2. The number of carbonyl (C=O) groups is 2. The lowest BCUT2D eigenvalue weighted by Gasteiger charge is -2.31. The number of aromatic amines is 1. The monoisotopic (exact) mass is 661 g/mol. The van der Waals surface area contributed by atoms with Crippen LogP contribution in [-0.2, 0) is 30.5 Å². The van der Waals surface area contributed by atoms with Gasteiger partial charge in [0.15, 0.2) is 9.84 Å². The second kappa shape index (κ2) is 15.7. The normalized spacial score (nSPS) is 17.1. The maximum atomic E-state index is 13.9. The van der Waals surface area contributed by atoms with E-state index < -0.39 is 33.8 Å². The van der Waals surface area contributed by atoms with Gasteiger partial charge in [0, 0.05) is 30.8 Å². The van der Waals surface area contributed by atoms with E-state index >= 15 is 0 Å². The summed E-state index contributed by atoms with van der Waals surface area (Å²) in [5, 5.41) is 16.1. The first-order chi connectivity index (χ1) is 22.7. The fraction of sp³-hybridized carbons (Fsp3) is 0.324. The topological polar surface area (TPSA) is 161 Å². The van der Waals surface area contributed by atoms with Gasteiger partial charge in [-0.2, -0.15) is 5.10 Å². The van der Waals surface area contributed by atoms with Gasteiger partial charge in [-0.1, -0.05) is 60.7 Å². The average molecular weight is 662 g/mol. The highest BCUT2D eigenvalue weighted by molar-refractivity contribution is 7.90. The van der Waals surface area contributed by atoms with E-state index in [1.807, 2.05) is 60.7 Å². The minimum atomic E-state index is -3.28. The SMILES string of the molecule is COC(=O)NC(C(=O)Nc1[nH]ncc1CC[C@@H]1CNC[C@@H](COc2ccc(S(C)(=O)=O)cc2)O1)C(c1ccccc1)c1ccccc1. The quantitative estimate of drug-likeness (QED) is 0.168. The molecule has 248 valence electrons. The summed E-state index contributed by atoms with van der Waals surface area (Å²) in [6.45, 7) is 1.57. The molecule has 0 saturated carbocycles. The van der Waals surface area contributed by atoms with Gasteiger partial charge in [-0.05, 0) is 48.2 Å². The Kier molecular flexibility index (Phi) is 11.2. The second-order valence-corrected chi connectivity index (χ2v) is 13.3. The lowest BCUT2D eigenvalue weighted by molar-refractivity contribution is -0.118. The van der Waals surface area contributed by atoms with Crippen molar-refractivity contribution in [1.82, 2.24) is 20.8 Å². The number of sulfone groups is 1. The molecule has 47 heavy (non-hydrogen) atoms. The Morgan fingerprint density at radius 2 is 1.60 bits per heavy atom. The van der Waals surface area contributed by atoms with Gasteiger partial charge in [0.05, 0.1) is 24.3 Å². The van der Waals surface area contributed by atoms with E-state index in [0.29, 0.717) is 44.1 Å². The second-order valence-electron chi connectivity index (χ2n) is 11.3. The van der Waals surface area contributed by atoms with E-state index in [1.165, 1.54) is 19.2 Å². The number of hydrogen-bond donors (Lipinski definition) is 4. The van der Waals surface area contributed by atoms with Crippen molar-refractivity contribution in [1.29, 1.82) is 0 Å². The highest BCUT2D eigenvalue weighted by atomic mass is 32.2. The average Bonchev–Trinajstić information content (AvgIpc) is 3.53. The molecule has 1 aromatic heterocycles. The third kappa shape index (κ3) is 9.18. The Balaban J connectivity index is 1.22. The molecule has 3 aromatic carbocycles. The molecular formula is C34H39N5O7S. The van der Waals surface area contributed by atoms with Crippen LogP contribution in [0, 0.1) is 0 Å². The Morgan fingerprint density at radius 3 is 2.21 bits per heavy atom. The van der Waals surface area contributed by atoms with E-state index in [0.717, 1.165) is 22.9 Å². The molecule has 1 aliphatic heterocycles. The summed E-state index contributed by atoms with van der Waals surface area (Å²) in [6.07, 6.45) is 3.00. The predicted octanol–water partition coefficient (Wildman–Crippen LogP) is 3.68. The predicted molar refractivity (Wildman–Crippen MR) is 176 cm³/mol. The minimum Gasteiger partial charge on any atom is -0.491 e. The van der Waals surface area contributed by atoms with E-state index in [4.69, 9.17) is 14.2 Å². The van der Waals surface area contributed by atoms with Crippen LogP contribution in [0.4, 0.5) is 10.6 Å². The van der Waals surface area contributed by atoms with Crippen molar-refractivity contribution in [3.8, 4) is 5.75 Å². The molecule has 1 unspecified atom stereocenters. The molecule has 3 atom stereocenters. The van der Waals surface area contributed by atoms with Crippen LogP contribution in [0.15, 0.2) is 96.0 Å². The first-order valence-electron chi connectivity index (χ1n) is 15.3. The number of nitrogens with one attached hydrogen (secondary N) is 4. The summed E-state index contributed by atoms with van der Waals surface area (Å²) < 4.78 is 40.4. The Morgan fingerprint density at radius 1 is 0.957 bits per heavy atom. The highest BCUT2D eigenvalue weighted by Crippen LogP contribution is 2.29. The lowest BCUT2D eigenvalue weighted by Crippen LogP contribution is -2.48. The van der Waals surface area contributed by atoms with Crippen molar-refractivity contribution in [3.63, 3.8) is 0 Å². The number of ether oxygens (including phenoxy) is 3. The van der Waals surface area contributed by atoms with Crippen molar-refractivity contribution >= 4 is 27.7 Å². The van der Waals surface area contributed by atoms with Crippen LogP contribution in [-0.4, -0.2) is 81.9 Å². The fourth-order valence-electron chi connectivity index (χ4n) is 5.52. The number of hydrogen-bond acceptors (Lipinski definition) is 9. The molecule has 5 rings (SSSR count). The summed E-state index contributed by atoms with van der Waals surface area (Å²) in [6, 6.07) is 24.3. The summed E-state index contributed by atoms with van der Waals surface area (Å²) in [5.41, 5.74) is 2.50. The van der Waals surface area contributed by atoms with Gasteiger partial charge in [0.2, 0.25) is 5.91 Å². The molecule has 4 aromatic rings. The maximum Gasteiger partial charge on any atom is 0.407 e. The van der Waals surface area contributed by atoms with Crippen molar-refractivity contribution in [2.75, 3.05) is 38.4 Å². The molecule has 1 aliphatic rings. The van der Waals surface area contributed by atoms with E-state index in [1.54, 1.807) is 18.3 Å². The van der Waals surface area contributed by atoms with Gasteiger partial charge in [-0.15, -0.1) is 0 Å². The first kappa shape index (κ1) is 33.6. The molecule has 0 aliphatic carbocycles. The number of H-pyrrole nitrogens is 1. The molecule has 12 nitrogen and oxygen atoms in total. The van der Waals surface area contributed by atoms with Gasteiger partial charge in [0.25, 0.3) is 0 Å². The number of amides is 2. The van der Waals surface area contributed by atoms with Crippen LogP contribution in [0.2, 0.25) is 0 Å². The zero-order valence-corrected chi connectivity index (χ0v) is 27.0. The number of aromatic nitrogens is 2. The van der Waals surface area contributed by atoms with Crippen LogP contribution in [0.25, 0.3) is 0 Å². The smallest absolute Gasteiger partial charge is 0.407 e. The van der Waals surface area contributed by atoms with Crippen molar-refractivity contribution in [2.24, 2.45) is 0 Å². The molecule has 1 saturated heterocycles. The van der Waals surface area contributed by atoms with Crippen LogP contribution in [0.5, 0.6) is 5.75 Å². The molecule has 2 amide bonds. The van der Waals surface area contributed by atoms with Crippen molar-refractivity contribution in [2.45, 2.75) is 41.9 Å². The number of benzene rings is 3. The summed E-state index contributed by atoms with van der Waals surface area (Å²) >= 11 is 0. The number of alkyl carbamates (subject to hydrolysis) is 1. The zero-order valence-electron chi connectivity index (χ0n) is 26.2. The van der Waals surface area contributed by atoms with E-state index in [9.17, 15) is 18.0 Å². The molecule has 0 radical (unpaired) electrons. The molecule has 0 bridgehead atoms. The molecule has 2 heterocycles. The van der Waals surface area contributed by atoms with Crippen molar-refractivity contribution < 1.29 is 32.2 Å². The van der Waals surface area contributed by atoms with Crippen LogP contribution >= 0.6 is 0 Å². The fourth-order valence-corrected chi connectivity index (χ4v) is 6.16. The highest BCUT2D eigenvalue weighted by Gasteiger charge is 2.33. The van der Waals surface area contributed by atoms with Crippen LogP contribution < -0.4 is 20.7 Å². The third-order valence-electron chi connectivity index (χ3n) is 7.91. The summed E-state index contributed by atoms with van der Waals surface area (Å²) in [7, 11) is -2.02. The zero-order chi connectivity index (χ0) is 33.2. The van der Waals surface area contributed by atoms with E-state index in [2.05, 4.69) is 26.1 Å². The number of methoxy groups -OCH3 is 1. The molecule has 13 heteroatoms. The number of anilines is 1. The van der Waals surface area contributed by atoms with Crippen molar-refractivity contribution in [3.05, 3.63) is 108 Å². The summed E-state index contributed by atoms with van der Waals surface area (Å²) in [4.78, 5) is 26.6. The Labute approximate surface area is 274 Å². The number of rotatable bonds is 13. The Bertz CT molecular complexity index is 1680. The molecule has 1 fully saturated rings. The van der Waals surface area contributed by atoms with E-state index in [-0.39, 0.29) is 17.1 Å². The van der Waals surface area contributed by atoms with Crippen LogP contribution in [0.1, 0.15) is 29.0 Å². The maximum absolute atomic E-state index is 13.9.